The molecular formula is C13H18O2S. The van der Waals surface area contributed by atoms with E-state index in [2.05, 4.69) is 0 Å². The lowest BCUT2D eigenvalue weighted by Crippen LogP contribution is -2.05. The molecule has 0 saturated heterocycles. The summed E-state index contributed by atoms with van der Waals surface area (Å²) < 4.78 is 5.33. The van der Waals surface area contributed by atoms with Gasteiger partial charge in [0, 0.05) is 12.2 Å². The predicted molar refractivity (Wildman–Crippen MR) is 69.8 cm³/mol. The van der Waals surface area contributed by atoms with Crippen LogP contribution in [-0.2, 0) is 0 Å². The van der Waals surface area contributed by atoms with Crippen molar-refractivity contribution in [2.24, 2.45) is 0 Å². The summed E-state index contributed by atoms with van der Waals surface area (Å²) in [6.07, 6.45) is 2.57. The third-order valence-corrected chi connectivity index (χ3v) is 3.33. The Morgan fingerprint density at radius 1 is 1.38 bits per heavy atom. The van der Waals surface area contributed by atoms with E-state index in [1.807, 2.05) is 32.2 Å². The number of ether oxygens (including phenoxy) is 1. The first-order valence-corrected chi connectivity index (χ1v) is 6.67. The van der Waals surface area contributed by atoms with Crippen LogP contribution in [0.5, 0.6) is 5.75 Å². The van der Waals surface area contributed by atoms with Gasteiger partial charge in [-0.05, 0) is 37.3 Å². The van der Waals surface area contributed by atoms with Crippen molar-refractivity contribution in [1.29, 1.82) is 0 Å². The highest BCUT2D eigenvalue weighted by molar-refractivity contribution is 7.98. The lowest BCUT2D eigenvalue weighted by Gasteiger charge is -2.12. The van der Waals surface area contributed by atoms with Gasteiger partial charge in [-0.1, -0.05) is 6.07 Å². The number of ketones is 1. The van der Waals surface area contributed by atoms with E-state index >= 15 is 0 Å². The maximum absolute atomic E-state index is 12.0. The van der Waals surface area contributed by atoms with Crippen LogP contribution in [0.25, 0.3) is 0 Å². The Morgan fingerprint density at radius 2 is 2.06 bits per heavy atom. The van der Waals surface area contributed by atoms with E-state index < -0.39 is 0 Å². The third kappa shape index (κ3) is 2.79. The van der Waals surface area contributed by atoms with Crippen LogP contribution < -0.4 is 4.74 Å². The minimum atomic E-state index is 0.161. The molecular weight excluding hydrogens is 220 g/mol. The van der Waals surface area contributed by atoms with Crippen molar-refractivity contribution in [3.63, 3.8) is 0 Å². The number of carbonyl (C=O) groups excluding carboxylic acids is 1. The number of hydrogen-bond donors (Lipinski definition) is 0. The van der Waals surface area contributed by atoms with E-state index in [0.717, 1.165) is 22.6 Å². The van der Waals surface area contributed by atoms with Crippen LogP contribution in [0.15, 0.2) is 12.1 Å². The molecule has 3 heteroatoms. The second kappa shape index (κ2) is 5.94. The molecule has 1 rings (SSSR count). The summed E-state index contributed by atoms with van der Waals surface area (Å²) in [5.74, 6) is 1.75. The van der Waals surface area contributed by atoms with Gasteiger partial charge < -0.3 is 4.74 Å². The monoisotopic (exact) mass is 238 g/mol. The van der Waals surface area contributed by atoms with Gasteiger partial charge in [-0.15, -0.1) is 0 Å². The van der Waals surface area contributed by atoms with Gasteiger partial charge in [0.15, 0.2) is 5.78 Å². The number of aryl methyl sites for hydroxylation is 1. The molecule has 0 amide bonds. The Morgan fingerprint density at radius 3 is 2.62 bits per heavy atom. The number of benzene rings is 1. The highest BCUT2D eigenvalue weighted by atomic mass is 32.2. The lowest BCUT2D eigenvalue weighted by atomic mass is 10.0. The molecule has 0 unspecified atom stereocenters. The number of methoxy groups -OCH3 is 1. The molecule has 0 atom stereocenters. The van der Waals surface area contributed by atoms with Crippen molar-refractivity contribution in [1.82, 2.24) is 0 Å². The van der Waals surface area contributed by atoms with E-state index in [-0.39, 0.29) is 5.78 Å². The van der Waals surface area contributed by atoms with Crippen molar-refractivity contribution in [3.05, 3.63) is 28.8 Å². The lowest BCUT2D eigenvalue weighted by molar-refractivity contribution is 0.0986. The van der Waals surface area contributed by atoms with Gasteiger partial charge in [0.2, 0.25) is 0 Å². The molecule has 0 radical (unpaired) electrons. The average Bonchev–Trinajstić information content (AvgIpc) is 2.29. The normalized spacial score (nSPS) is 10.2. The van der Waals surface area contributed by atoms with Crippen molar-refractivity contribution < 1.29 is 9.53 Å². The second-order valence-corrected chi connectivity index (χ2v) is 4.74. The van der Waals surface area contributed by atoms with Gasteiger partial charge in [-0.2, -0.15) is 11.8 Å². The second-order valence-electron chi connectivity index (χ2n) is 3.75. The zero-order valence-electron chi connectivity index (χ0n) is 10.3. The fraction of sp³-hybridized carbons (Fsp3) is 0.462. The van der Waals surface area contributed by atoms with Crippen LogP contribution in [0, 0.1) is 13.8 Å². The van der Waals surface area contributed by atoms with Gasteiger partial charge in [0.1, 0.15) is 5.75 Å². The summed E-state index contributed by atoms with van der Waals surface area (Å²) in [6, 6.07) is 3.84. The van der Waals surface area contributed by atoms with Crippen LogP contribution in [-0.4, -0.2) is 24.9 Å². The number of hydrogen-bond acceptors (Lipinski definition) is 3. The number of carbonyl (C=O) groups is 1. The SMILES string of the molecule is COc1c(C(=O)CCSC)ccc(C)c1C. The zero-order chi connectivity index (χ0) is 12.1. The summed E-state index contributed by atoms with van der Waals surface area (Å²) >= 11 is 1.68. The first kappa shape index (κ1) is 13.1. The average molecular weight is 238 g/mol. The molecule has 0 fully saturated rings. The first-order valence-electron chi connectivity index (χ1n) is 5.28. The highest BCUT2D eigenvalue weighted by Crippen LogP contribution is 2.27. The molecule has 0 aromatic heterocycles. The van der Waals surface area contributed by atoms with E-state index in [1.54, 1.807) is 18.9 Å². The molecule has 0 heterocycles. The number of thioether (sulfide) groups is 1. The maximum atomic E-state index is 12.0. The predicted octanol–water partition coefficient (Wildman–Crippen LogP) is 3.25. The minimum absolute atomic E-state index is 0.161. The number of rotatable bonds is 5. The van der Waals surface area contributed by atoms with Crippen LogP contribution in [0.3, 0.4) is 0 Å². The van der Waals surface area contributed by atoms with Gasteiger partial charge in [0.25, 0.3) is 0 Å². The van der Waals surface area contributed by atoms with Gasteiger partial charge >= 0.3 is 0 Å². The first-order chi connectivity index (χ1) is 7.61. The Bertz CT molecular complexity index is 386. The van der Waals surface area contributed by atoms with Crippen LogP contribution in [0.1, 0.15) is 27.9 Å². The van der Waals surface area contributed by atoms with Crippen molar-refractivity contribution in [2.45, 2.75) is 20.3 Å². The highest BCUT2D eigenvalue weighted by Gasteiger charge is 2.14. The van der Waals surface area contributed by atoms with Crippen molar-refractivity contribution in [3.8, 4) is 5.75 Å². The standard InChI is InChI=1S/C13H18O2S/c1-9-5-6-11(12(14)7-8-16-4)13(15-3)10(9)2/h5-6H,7-8H2,1-4H3. The third-order valence-electron chi connectivity index (χ3n) is 2.71. The van der Waals surface area contributed by atoms with Crippen LogP contribution >= 0.6 is 11.8 Å². The van der Waals surface area contributed by atoms with E-state index in [9.17, 15) is 4.79 Å². The van der Waals surface area contributed by atoms with Gasteiger partial charge in [-0.3, -0.25) is 4.79 Å². The molecule has 0 spiro atoms. The van der Waals surface area contributed by atoms with E-state index in [4.69, 9.17) is 4.74 Å². The van der Waals surface area contributed by atoms with Crippen LogP contribution in [0.2, 0.25) is 0 Å². The molecule has 0 saturated carbocycles. The molecule has 1 aromatic carbocycles. The fourth-order valence-corrected chi connectivity index (χ4v) is 1.99. The van der Waals surface area contributed by atoms with Crippen molar-refractivity contribution >= 4 is 17.5 Å². The van der Waals surface area contributed by atoms with Gasteiger partial charge in [-0.25, -0.2) is 0 Å². The quantitative estimate of drug-likeness (QED) is 0.737. The summed E-state index contributed by atoms with van der Waals surface area (Å²) in [5, 5.41) is 0. The van der Waals surface area contributed by atoms with E-state index in [1.165, 1.54) is 0 Å². The minimum Gasteiger partial charge on any atom is -0.496 e. The molecule has 0 aliphatic carbocycles. The summed E-state index contributed by atoms with van der Waals surface area (Å²) in [5.41, 5.74) is 2.91. The molecule has 0 aliphatic rings. The van der Waals surface area contributed by atoms with Crippen molar-refractivity contribution in [2.75, 3.05) is 19.1 Å². The Hall–Kier alpha value is -0.960. The smallest absolute Gasteiger partial charge is 0.167 e. The fourth-order valence-electron chi connectivity index (χ4n) is 1.60. The van der Waals surface area contributed by atoms with E-state index in [0.29, 0.717) is 12.0 Å². The molecule has 2 nitrogen and oxygen atoms in total. The molecule has 0 bridgehead atoms. The molecule has 0 N–H and O–H groups in total. The Labute approximate surface area is 101 Å². The molecule has 0 aliphatic heterocycles. The largest absolute Gasteiger partial charge is 0.496 e. The molecule has 88 valence electrons. The topological polar surface area (TPSA) is 26.3 Å². The maximum Gasteiger partial charge on any atom is 0.167 e. The summed E-state index contributed by atoms with van der Waals surface area (Å²) in [6.45, 7) is 4.01. The van der Waals surface area contributed by atoms with Gasteiger partial charge in [0.05, 0.1) is 12.7 Å². The molecule has 16 heavy (non-hydrogen) atoms. The number of Topliss-reactive ketones (excluding diaryl/α,β-unsaturated/α-hetero) is 1. The van der Waals surface area contributed by atoms with Crippen LogP contribution in [0.4, 0.5) is 0 Å². The zero-order valence-corrected chi connectivity index (χ0v) is 11.1. The summed E-state index contributed by atoms with van der Waals surface area (Å²) in [4.78, 5) is 12.0. The summed E-state index contributed by atoms with van der Waals surface area (Å²) in [7, 11) is 1.62. The Balaban J connectivity index is 3.04. The molecule has 1 aromatic rings. The Kier molecular flexibility index (Phi) is 4.87.